The number of nitrogens with one attached hydrogen (secondary N) is 1. The smallest absolute Gasteiger partial charge is 0.119 e. The lowest BCUT2D eigenvalue weighted by Gasteiger charge is -2.18. The van der Waals surface area contributed by atoms with Gasteiger partial charge in [-0.1, -0.05) is 6.07 Å². The van der Waals surface area contributed by atoms with Crippen molar-refractivity contribution < 1.29 is 4.74 Å². The van der Waals surface area contributed by atoms with Gasteiger partial charge in [0.25, 0.3) is 0 Å². The van der Waals surface area contributed by atoms with Gasteiger partial charge in [0.1, 0.15) is 12.4 Å². The van der Waals surface area contributed by atoms with E-state index in [1.807, 2.05) is 0 Å². The maximum Gasteiger partial charge on any atom is 0.119 e. The van der Waals surface area contributed by atoms with Crippen LogP contribution in [0.15, 0.2) is 18.2 Å². The minimum atomic E-state index is 0.561. The summed E-state index contributed by atoms with van der Waals surface area (Å²) in [5.41, 5.74) is 3.04. The van der Waals surface area contributed by atoms with E-state index in [1.165, 1.54) is 49.7 Å². The lowest BCUT2D eigenvalue weighted by molar-refractivity contribution is 0.277. The van der Waals surface area contributed by atoms with E-state index in [1.54, 1.807) is 0 Å². The summed E-state index contributed by atoms with van der Waals surface area (Å²) in [6.45, 7) is 1.97. The molecule has 1 heterocycles. The van der Waals surface area contributed by atoms with Gasteiger partial charge in [0, 0.05) is 6.04 Å². The Morgan fingerprint density at radius 3 is 2.82 bits per heavy atom. The Balaban J connectivity index is 1.62. The number of hydrogen-bond donors (Lipinski definition) is 1. The molecule has 0 aromatic heterocycles. The summed E-state index contributed by atoms with van der Waals surface area (Å²) in [6, 6.07) is 7.21. The topological polar surface area (TPSA) is 21.3 Å². The predicted molar refractivity (Wildman–Crippen MR) is 69.6 cm³/mol. The quantitative estimate of drug-likeness (QED) is 0.863. The van der Waals surface area contributed by atoms with Gasteiger partial charge in [0.15, 0.2) is 0 Å². The Bertz CT molecular complexity index is 383. The van der Waals surface area contributed by atoms with Gasteiger partial charge >= 0.3 is 0 Å². The lowest BCUT2D eigenvalue weighted by atomic mass is 9.92. The van der Waals surface area contributed by atoms with E-state index in [0.717, 1.165) is 18.9 Å². The first kappa shape index (κ1) is 11.1. The fourth-order valence-electron chi connectivity index (χ4n) is 2.90. The fourth-order valence-corrected chi connectivity index (χ4v) is 2.90. The molecule has 1 fully saturated rings. The first-order valence-electron chi connectivity index (χ1n) is 6.90. The van der Waals surface area contributed by atoms with Crippen LogP contribution < -0.4 is 10.1 Å². The molecule has 1 aromatic rings. The molecule has 2 aliphatic rings. The summed E-state index contributed by atoms with van der Waals surface area (Å²) in [5, 5.41) is 3.46. The first-order chi connectivity index (χ1) is 8.42. The molecule has 1 unspecified atom stereocenters. The number of benzene rings is 1. The maximum atomic E-state index is 5.89. The molecule has 0 bridgehead atoms. The fraction of sp³-hybridized carbons (Fsp3) is 0.600. The Labute approximate surface area is 103 Å². The van der Waals surface area contributed by atoms with Crippen LogP contribution in [0.25, 0.3) is 0 Å². The SMILES string of the molecule is c1cc2c(cc1OCC1CCCN1)CCCC2. The molecular weight excluding hydrogens is 210 g/mol. The number of aryl methyl sites for hydroxylation is 2. The Kier molecular flexibility index (Phi) is 3.32. The minimum absolute atomic E-state index is 0.561. The molecule has 1 saturated heterocycles. The second-order valence-electron chi connectivity index (χ2n) is 5.24. The monoisotopic (exact) mass is 231 g/mol. The number of hydrogen-bond acceptors (Lipinski definition) is 2. The number of rotatable bonds is 3. The van der Waals surface area contributed by atoms with E-state index >= 15 is 0 Å². The number of fused-ring (bicyclic) bond motifs is 1. The highest BCUT2D eigenvalue weighted by Crippen LogP contribution is 2.25. The van der Waals surface area contributed by atoms with Gasteiger partial charge < -0.3 is 10.1 Å². The summed E-state index contributed by atoms with van der Waals surface area (Å²) in [5.74, 6) is 1.05. The summed E-state index contributed by atoms with van der Waals surface area (Å²) in [4.78, 5) is 0. The second-order valence-corrected chi connectivity index (χ2v) is 5.24. The van der Waals surface area contributed by atoms with Crippen molar-refractivity contribution in [2.45, 2.75) is 44.6 Å². The number of ether oxygens (including phenoxy) is 1. The molecule has 92 valence electrons. The van der Waals surface area contributed by atoms with Crippen LogP contribution in [0.4, 0.5) is 0 Å². The van der Waals surface area contributed by atoms with Crippen molar-refractivity contribution in [3.63, 3.8) is 0 Å². The highest BCUT2D eigenvalue weighted by molar-refractivity contribution is 5.37. The van der Waals surface area contributed by atoms with E-state index in [0.29, 0.717) is 6.04 Å². The average Bonchev–Trinajstić information content (AvgIpc) is 2.89. The molecule has 0 saturated carbocycles. The van der Waals surface area contributed by atoms with Crippen molar-refractivity contribution in [3.05, 3.63) is 29.3 Å². The molecule has 17 heavy (non-hydrogen) atoms. The Hall–Kier alpha value is -1.02. The van der Waals surface area contributed by atoms with E-state index in [9.17, 15) is 0 Å². The van der Waals surface area contributed by atoms with Crippen molar-refractivity contribution in [1.82, 2.24) is 5.32 Å². The normalized spacial score (nSPS) is 23.4. The molecule has 0 amide bonds. The molecule has 1 aliphatic carbocycles. The van der Waals surface area contributed by atoms with Crippen molar-refractivity contribution in [3.8, 4) is 5.75 Å². The van der Waals surface area contributed by atoms with E-state index in [2.05, 4.69) is 23.5 Å². The van der Waals surface area contributed by atoms with Gasteiger partial charge in [-0.05, 0) is 68.3 Å². The van der Waals surface area contributed by atoms with Crippen LogP contribution in [0.5, 0.6) is 5.75 Å². The Morgan fingerprint density at radius 1 is 1.12 bits per heavy atom. The average molecular weight is 231 g/mol. The largest absolute Gasteiger partial charge is 0.492 e. The molecule has 1 aliphatic heterocycles. The van der Waals surface area contributed by atoms with Crippen molar-refractivity contribution >= 4 is 0 Å². The van der Waals surface area contributed by atoms with Crippen LogP contribution in [0.3, 0.4) is 0 Å². The van der Waals surface area contributed by atoms with Crippen LogP contribution in [0, 0.1) is 0 Å². The second kappa shape index (κ2) is 5.09. The van der Waals surface area contributed by atoms with Crippen LogP contribution >= 0.6 is 0 Å². The van der Waals surface area contributed by atoms with Gasteiger partial charge in [-0.25, -0.2) is 0 Å². The predicted octanol–water partition coefficient (Wildman–Crippen LogP) is 2.70. The zero-order valence-corrected chi connectivity index (χ0v) is 10.4. The van der Waals surface area contributed by atoms with Gasteiger partial charge in [0.2, 0.25) is 0 Å². The molecular formula is C15H21NO. The third kappa shape index (κ3) is 2.63. The van der Waals surface area contributed by atoms with Gasteiger partial charge in [-0.15, -0.1) is 0 Å². The van der Waals surface area contributed by atoms with Gasteiger partial charge in [-0.3, -0.25) is 0 Å². The molecule has 0 spiro atoms. The minimum Gasteiger partial charge on any atom is -0.492 e. The van der Waals surface area contributed by atoms with E-state index in [-0.39, 0.29) is 0 Å². The third-order valence-corrected chi connectivity index (χ3v) is 3.93. The van der Waals surface area contributed by atoms with E-state index in [4.69, 9.17) is 4.74 Å². The molecule has 2 nitrogen and oxygen atoms in total. The summed E-state index contributed by atoms with van der Waals surface area (Å²) in [6.07, 6.45) is 7.71. The van der Waals surface area contributed by atoms with Crippen LogP contribution in [0.2, 0.25) is 0 Å². The molecule has 1 atom stereocenters. The van der Waals surface area contributed by atoms with Crippen LogP contribution in [-0.4, -0.2) is 19.2 Å². The molecule has 0 radical (unpaired) electrons. The first-order valence-corrected chi connectivity index (χ1v) is 6.90. The van der Waals surface area contributed by atoms with Crippen LogP contribution in [0.1, 0.15) is 36.8 Å². The summed E-state index contributed by atoms with van der Waals surface area (Å²) in [7, 11) is 0. The standard InChI is InChI=1S/C15H21NO/c1-2-5-13-10-15(8-7-12(13)4-1)17-11-14-6-3-9-16-14/h7-8,10,14,16H,1-6,9,11H2. The van der Waals surface area contributed by atoms with Crippen molar-refractivity contribution in [2.24, 2.45) is 0 Å². The highest BCUT2D eigenvalue weighted by Gasteiger charge is 2.15. The Morgan fingerprint density at radius 2 is 2.00 bits per heavy atom. The molecule has 1 aromatic carbocycles. The summed E-state index contributed by atoms with van der Waals surface area (Å²) < 4.78 is 5.89. The van der Waals surface area contributed by atoms with Gasteiger partial charge in [0.05, 0.1) is 0 Å². The lowest BCUT2D eigenvalue weighted by Crippen LogP contribution is -2.28. The van der Waals surface area contributed by atoms with Crippen molar-refractivity contribution in [2.75, 3.05) is 13.2 Å². The highest BCUT2D eigenvalue weighted by atomic mass is 16.5. The maximum absolute atomic E-state index is 5.89. The third-order valence-electron chi connectivity index (χ3n) is 3.93. The zero-order chi connectivity index (χ0) is 11.5. The van der Waals surface area contributed by atoms with Gasteiger partial charge in [-0.2, -0.15) is 0 Å². The molecule has 1 N–H and O–H groups in total. The van der Waals surface area contributed by atoms with Crippen LogP contribution in [-0.2, 0) is 12.8 Å². The van der Waals surface area contributed by atoms with Crippen molar-refractivity contribution in [1.29, 1.82) is 0 Å². The summed E-state index contributed by atoms with van der Waals surface area (Å²) >= 11 is 0. The molecule has 3 rings (SSSR count). The molecule has 2 heteroatoms. The zero-order valence-electron chi connectivity index (χ0n) is 10.4. The van der Waals surface area contributed by atoms with E-state index < -0.39 is 0 Å².